The first-order valence-electron chi connectivity index (χ1n) is 6.87. The van der Waals surface area contributed by atoms with Crippen LogP contribution < -0.4 is 4.74 Å². The van der Waals surface area contributed by atoms with E-state index in [1.807, 2.05) is 38.1 Å². The summed E-state index contributed by atoms with van der Waals surface area (Å²) in [5.41, 5.74) is 3.18. The maximum absolute atomic E-state index is 5.52. The van der Waals surface area contributed by atoms with E-state index in [0.29, 0.717) is 17.2 Å². The summed E-state index contributed by atoms with van der Waals surface area (Å²) in [5.74, 6) is 2.00. The molecule has 0 spiro atoms. The molecular weight excluding hydrogens is 268 g/mol. The van der Waals surface area contributed by atoms with E-state index in [0.717, 1.165) is 28.4 Å². The Hall–Kier alpha value is -1.68. The summed E-state index contributed by atoms with van der Waals surface area (Å²) in [7, 11) is 0. The fourth-order valence-electron chi connectivity index (χ4n) is 2.31. The number of ether oxygens (including phenoxy) is 1. The number of hydrogen-bond donors (Lipinski definition) is 1. The molecule has 4 heteroatoms. The van der Waals surface area contributed by atoms with Crippen molar-refractivity contribution in [1.82, 2.24) is 9.97 Å². The average Bonchev–Trinajstić information content (AvgIpc) is 2.38. The first-order chi connectivity index (χ1) is 9.52. The van der Waals surface area contributed by atoms with Gasteiger partial charge in [0.2, 0.25) is 0 Å². The van der Waals surface area contributed by atoms with Crippen molar-refractivity contribution in [2.75, 3.05) is 6.61 Å². The van der Waals surface area contributed by atoms with Gasteiger partial charge in [0, 0.05) is 16.8 Å². The second-order valence-electron chi connectivity index (χ2n) is 5.04. The molecule has 0 atom stereocenters. The van der Waals surface area contributed by atoms with Gasteiger partial charge >= 0.3 is 0 Å². The standard InChI is InChI=1S/C16H20N2OS/c1-5-19-13-8-6-7-12(9-13)15-17-11(4)14(10(2)3)16(20)18-15/h6-10H,5H2,1-4H3,(H,17,18,20). The lowest BCUT2D eigenvalue weighted by Gasteiger charge is -2.12. The Labute approximate surface area is 125 Å². The van der Waals surface area contributed by atoms with Gasteiger partial charge in [0.25, 0.3) is 0 Å². The van der Waals surface area contributed by atoms with Crippen molar-refractivity contribution in [3.8, 4) is 17.1 Å². The molecule has 20 heavy (non-hydrogen) atoms. The Morgan fingerprint density at radius 3 is 2.70 bits per heavy atom. The quantitative estimate of drug-likeness (QED) is 0.833. The van der Waals surface area contributed by atoms with Gasteiger partial charge in [-0.2, -0.15) is 0 Å². The number of nitrogens with one attached hydrogen (secondary N) is 1. The lowest BCUT2D eigenvalue weighted by Crippen LogP contribution is -2.02. The van der Waals surface area contributed by atoms with Crippen molar-refractivity contribution in [3.63, 3.8) is 0 Å². The molecule has 0 fully saturated rings. The number of H-pyrrole nitrogens is 1. The number of rotatable bonds is 4. The molecule has 0 aliphatic heterocycles. The van der Waals surface area contributed by atoms with E-state index in [2.05, 4.69) is 23.8 Å². The molecule has 0 saturated carbocycles. The Morgan fingerprint density at radius 1 is 1.35 bits per heavy atom. The Morgan fingerprint density at radius 2 is 2.10 bits per heavy atom. The van der Waals surface area contributed by atoms with E-state index in [4.69, 9.17) is 17.0 Å². The molecule has 0 unspecified atom stereocenters. The van der Waals surface area contributed by atoms with Crippen LogP contribution in [0.25, 0.3) is 11.4 Å². The van der Waals surface area contributed by atoms with Gasteiger partial charge in [-0.25, -0.2) is 4.98 Å². The van der Waals surface area contributed by atoms with Crippen molar-refractivity contribution in [1.29, 1.82) is 0 Å². The zero-order valence-corrected chi connectivity index (χ0v) is 13.2. The van der Waals surface area contributed by atoms with Crippen LogP contribution in [0.1, 0.15) is 37.9 Å². The minimum absolute atomic E-state index is 0.370. The number of benzene rings is 1. The average molecular weight is 288 g/mol. The highest BCUT2D eigenvalue weighted by molar-refractivity contribution is 7.71. The smallest absolute Gasteiger partial charge is 0.139 e. The molecule has 1 heterocycles. The normalized spacial score (nSPS) is 10.8. The summed E-state index contributed by atoms with van der Waals surface area (Å²) in [6, 6.07) is 7.89. The zero-order chi connectivity index (χ0) is 14.7. The molecule has 0 amide bonds. The van der Waals surface area contributed by atoms with Gasteiger partial charge in [0.15, 0.2) is 0 Å². The molecule has 0 saturated heterocycles. The maximum Gasteiger partial charge on any atom is 0.139 e. The van der Waals surface area contributed by atoms with Crippen molar-refractivity contribution in [2.45, 2.75) is 33.6 Å². The molecule has 106 valence electrons. The highest BCUT2D eigenvalue weighted by atomic mass is 32.1. The third-order valence-corrected chi connectivity index (χ3v) is 3.46. The van der Waals surface area contributed by atoms with Crippen LogP contribution in [0.3, 0.4) is 0 Å². The number of nitrogens with zero attached hydrogens (tertiary/aromatic N) is 1. The third kappa shape index (κ3) is 3.07. The summed E-state index contributed by atoms with van der Waals surface area (Å²) in [4.78, 5) is 7.88. The van der Waals surface area contributed by atoms with Crippen LogP contribution in [-0.2, 0) is 0 Å². The minimum Gasteiger partial charge on any atom is -0.494 e. The van der Waals surface area contributed by atoms with E-state index in [9.17, 15) is 0 Å². The van der Waals surface area contributed by atoms with Crippen LogP contribution in [0, 0.1) is 11.6 Å². The summed E-state index contributed by atoms with van der Waals surface area (Å²) < 4.78 is 6.20. The zero-order valence-electron chi connectivity index (χ0n) is 12.4. The van der Waals surface area contributed by atoms with E-state index in [1.165, 1.54) is 0 Å². The number of aromatic amines is 1. The van der Waals surface area contributed by atoms with Crippen LogP contribution in [0.15, 0.2) is 24.3 Å². The Kier molecular flexibility index (Phi) is 4.55. The fraction of sp³-hybridized carbons (Fsp3) is 0.375. The monoisotopic (exact) mass is 288 g/mol. The van der Waals surface area contributed by atoms with Gasteiger partial charge in [-0.15, -0.1) is 0 Å². The predicted molar refractivity (Wildman–Crippen MR) is 84.9 cm³/mol. The second-order valence-corrected chi connectivity index (χ2v) is 5.43. The van der Waals surface area contributed by atoms with Gasteiger partial charge in [-0.1, -0.05) is 38.2 Å². The molecule has 1 aromatic heterocycles. The summed E-state index contributed by atoms with van der Waals surface area (Å²) in [6.07, 6.45) is 0. The van der Waals surface area contributed by atoms with E-state index >= 15 is 0 Å². The molecule has 0 aliphatic carbocycles. The van der Waals surface area contributed by atoms with Crippen LogP contribution in [-0.4, -0.2) is 16.6 Å². The molecule has 2 aromatic rings. The van der Waals surface area contributed by atoms with E-state index in [-0.39, 0.29) is 0 Å². The topological polar surface area (TPSA) is 37.9 Å². The van der Waals surface area contributed by atoms with Gasteiger partial charge in [0.1, 0.15) is 16.2 Å². The molecule has 0 aliphatic rings. The minimum atomic E-state index is 0.370. The number of hydrogen-bond acceptors (Lipinski definition) is 3. The van der Waals surface area contributed by atoms with Crippen molar-refractivity contribution < 1.29 is 4.74 Å². The molecular formula is C16H20N2OS. The summed E-state index contributed by atoms with van der Waals surface area (Å²) in [6.45, 7) is 8.92. The van der Waals surface area contributed by atoms with Crippen LogP contribution >= 0.6 is 12.2 Å². The van der Waals surface area contributed by atoms with Crippen molar-refractivity contribution >= 4 is 12.2 Å². The number of aryl methyl sites for hydroxylation is 1. The lowest BCUT2D eigenvalue weighted by molar-refractivity contribution is 0.340. The number of aromatic nitrogens is 2. The second kappa shape index (κ2) is 6.18. The molecule has 1 aromatic carbocycles. The van der Waals surface area contributed by atoms with Gasteiger partial charge in [-0.3, -0.25) is 0 Å². The molecule has 3 nitrogen and oxygen atoms in total. The van der Waals surface area contributed by atoms with Gasteiger partial charge < -0.3 is 9.72 Å². The first kappa shape index (κ1) is 14.7. The summed E-state index contributed by atoms with van der Waals surface area (Å²) in [5, 5.41) is 0. The highest BCUT2D eigenvalue weighted by Gasteiger charge is 2.10. The lowest BCUT2D eigenvalue weighted by atomic mass is 10.0. The fourth-order valence-corrected chi connectivity index (χ4v) is 2.79. The highest BCUT2D eigenvalue weighted by Crippen LogP contribution is 2.24. The largest absolute Gasteiger partial charge is 0.494 e. The van der Waals surface area contributed by atoms with Gasteiger partial charge in [0.05, 0.1) is 6.61 Å². The van der Waals surface area contributed by atoms with E-state index < -0.39 is 0 Å². The maximum atomic E-state index is 5.52. The van der Waals surface area contributed by atoms with Crippen LogP contribution in [0.2, 0.25) is 0 Å². The summed E-state index contributed by atoms with van der Waals surface area (Å²) >= 11 is 5.42. The third-order valence-electron chi connectivity index (χ3n) is 3.15. The first-order valence-corrected chi connectivity index (χ1v) is 7.27. The van der Waals surface area contributed by atoms with Crippen molar-refractivity contribution in [3.05, 3.63) is 40.2 Å². The molecule has 0 bridgehead atoms. The SMILES string of the molecule is CCOc1cccc(-c2nc(=S)c(C(C)C)c(C)[nH]2)c1. The molecule has 1 N–H and O–H groups in total. The van der Waals surface area contributed by atoms with Crippen molar-refractivity contribution in [2.24, 2.45) is 0 Å². The Bertz CT molecular complexity index is 662. The van der Waals surface area contributed by atoms with Crippen LogP contribution in [0.4, 0.5) is 0 Å². The van der Waals surface area contributed by atoms with Crippen LogP contribution in [0.5, 0.6) is 5.75 Å². The van der Waals surface area contributed by atoms with E-state index in [1.54, 1.807) is 0 Å². The van der Waals surface area contributed by atoms with Gasteiger partial charge in [-0.05, 0) is 31.9 Å². The molecule has 2 rings (SSSR count). The predicted octanol–water partition coefficient (Wildman–Crippen LogP) is 4.64. The molecule has 0 radical (unpaired) electrons. The Balaban J connectivity index is 2.49.